The highest BCUT2D eigenvalue weighted by Gasteiger charge is 2.12. The van der Waals surface area contributed by atoms with Crippen molar-refractivity contribution in [3.8, 4) is 10.6 Å². The summed E-state index contributed by atoms with van der Waals surface area (Å²) in [5.74, 6) is -0.227. The number of thiophene rings is 1. The summed E-state index contributed by atoms with van der Waals surface area (Å²) in [4.78, 5) is 19.1. The fourth-order valence-corrected chi connectivity index (χ4v) is 4.82. The van der Waals surface area contributed by atoms with Crippen molar-refractivity contribution < 1.29 is 13.2 Å². The molecule has 0 atom stereocenters. The number of hydrogen-bond acceptors (Lipinski definition) is 6. The van der Waals surface area contributed by atoms with Gasteiger partial charge in [-0.15, -0.1) is 22.7 Å². The number of rotatable bonds is 7. The molecule has 6 nitrogen and oxygen atoms in total. The molecule has 0 fully saturated rings. The van der Waals surface area contributed by atoms with Crippen LogP contribution in [-0.4, -0.2) is 32.9 Å². The lowest BCUT2D eigenvalue weighted by Gasteiger charge is -2.06. The molecule has 0 spiro atoms. The summed E-state index contributed by atoms with van der Waals surface area (Å²) in [6.07, 6.45) is 0.728. The second kappa shape index (κ2) is 8.30. The van der Waals surface area contributed by atoms with Gasteiger partial charge in [-0.1, -0.05) is 0 Å². The lowest BCUT2D eigenvalue weighted by atomic mass is 10.2. The Hall–Kier alpha value is -2.07. The Morgan fingerprint density at radius 3 is 2.52 bits per heavy atom. The Morgan fingerprint density at radius 2 is 1.89 bits per heavy atom. The third-order valence-electron chi connectivity index (χ3n) is 3.89. The summed E-state index contributed by atoms with van der Waals surface area (Å²) in [6, 6.07) is 9.96. The number of thiazole rings is 1. The number of nitrogens with zero attached hydrogens (tertiary/aromatic N) is 1. The minimum atomic E-state index is -3.50. The number of carbonyl (C=O) groups is 1. The molecular weight excluding hydrogens is 402 g/mol. The predicted octanol–water partition coefficient (Wildman–Crippen LogP) is 3.06. The number of hydrogen-bond donors (Lipinski definition) is 2. The van der Waals surface area contributed by atoms with E-state index in [-0.39, 0.29) is 10.8 Å². The number of sulfonamides is 1. The highest BCUT2D eigenvalue weighted by molar-refractivity contribution is 7.89. The average molecular weight is 422 g/mol. The zero-order chi connectivity index (χ0) is 19.4. The lowest BCUT2D eigenvalue weighted by molar-refractivity contribution is 0.0954. The molecule has 0 unspecified atom stereocenters. The Labute approximate surface area is 166 Å². The molecule has 3 aromatic rings. The SMILES string of the molecule is CNS(=O)(=O)c1ccc(C(=O)NCCc2ccc(-c3csc(C)n3)s2)cc1. The second-order valence-corrected chi connectivity index (χ2v) is 9.87. The van der Waals surface area contributed by atoms with E-state index in [0.29, 0.717) is 12.1 Å². The quantitative estimate of drug-likeness (QED) is 0.614. The molecule has 3 rings (SSSR count). The van der Waals surface area contributed by atoms with Gasteiger partial charge in [0.25, 0.3) is 5.91 Å². The molecule has 2 N–H and O–H groups in total. The summed E-state index contributed by atoms with van der Waals surface area (Å²) in [5, 5.41) is 5.95. The molecule has 0 bridgehead atoms. The standard InChI is InChI=1S/C18H19N3O3S3/c1-12-21-16(11-25-12)17-8-5-14(26-17)9-10-20-18(22)13-3-6-15(7-4-13)27(23,24)19-2/h3-8,11,19H,9-10H2,1-2H3,(H,20,22). The highest BCUT2D eigenvalue weighted by atomic mass is 32.2. The first kappa shape index (κ1) is 19.7. The van der Waals surface area contributed by atoms with E-state index < -0.39 is 10.0 Å². The molecule has 0 saturated heterocycles. The van der Waals surface area contributed by atoms with Crippen LogP contribution in [-0.2, 0) is 16.4 Å². The maximum absolute atomic E-state index is 12.2. The van der Waals surface area contributed by atoms with Crippen LogP contribution in [0.2, 0.25) is 0 Å². The largest absolute Gasteiger partial charge is 0.352 e. The van der Waals surface area contributed by atoms with Gasteiger partial charge in [-0.05, 0) is 56.8 Å². The van der Waals surface area contributed by atoms with E-state index in [0.717, 1.165) is 22.0 Å². The number of benzene rings is 1. The van der Waals surface area contributed by atoms with E-state index in [4.69, 9.17) is 0 Å². The first-order valence-corrected chi connectivity index (χ1v) is 11.4. The number of amides is 1. The first-order chi connectivity index (χ1) is 12.9. The maximum Gasteiger partial charge on any atom is 0.251 e. The number of aromatic nitrogens is 1. The van der Waals surface area contributed by atoms with Crippen molar-refractivity contribution in [2.75, 3.05) is 13.6 Å². The minimum Gasteiger partial charge on any atom is -0.352 e. The van der Waals surface area contributed by atoms with E-state index in [9.17, 15) is 13.2 Å². The first-order valence-electron chi connectivity index (χ1n) is 8.22. The van der Waals surface area contributed by atoms with E-state index >= 15 is 0 Å². The van der Waals surface area contributed by atoms with Crippen molar-refractivity contribution in [3.05, 3.63) is 57.2 Å². The van der Waals surface area contributed by atoms with Crippen molar-refractivity contribution in [2.24, 2.45) is 0 Å². The Kier molecular flexibility index (Phi) is 6.05. The zero-order valence-corrected chi connectivity index (χ0v) is 17.3. The van der Waals surface area contributed by atoms with Crippen molar-refractivity contribution in [1.29, 1.82) is 0 Å². The van der Waals surface area contributed by atoms with Crippen LogP contribution < -0.4 is 10.0 Å². The molecular formula is C18H19N3O3S3. The van der Waals surface area contributed by atoms with Gasteiger partial charge in [-0.2, -0.15) is 0 Å². The Morgan fingerprint density at radius 1 is 1.15 bits per heavy atom. The molecule has 2 aromatic heterocycles. The van der Waals surface area contributed by atoms with Crippen molar-refractivity contribution in [3.63, 3.8) is 0 Å². The molecule has 0 radical (unpaired) electrons. The predicted molar refractivity (Wildman–Crippen MR) is 109 cm³/mol. The molecule has 142 valence electrons. The maximum atomic E-state index is 12.2. The topological polar surface area (TPSA) is 88.2 Å². The van der Waals surface area contributed by atoms with Crippen LogP contribution in [0.3, 0.4) is 0 Å². The van der Waals surface area contributed by atoms with Crippen LogP contribution in [0.25, 0.3) is 10.6 Å². The molecule has 27 heavy (non-hydrogen) atoms. The van der Waals surface area contributed by atoms with Crippen LogP contribution in [0.15, 0.2) is 46.7 Å². The van der Waals surface area contributed by atoms with Crippen molar-refractivity contribution in [1.82, 2.24) is 15.0 Å². The number of aryl methyl sites for hydroxylation is 1. The van der Waals surface area contributed by atoms with E-state index in [1.807, 2.05) is 12.3 Å². The van der Waals surface area contributed by atoms with Crippen LogP contribution in [0.1, 0.15) is 20.2 Å². The van der Waals surface area contributed by atoms with Gasteiger partial charge in [0.05, 0.1) is 20.5 Å². The normalized spacial score (nSPS) is 11.5. The summed E-state index contributed by atoms with van der Waals surface area (Å²) in [6.45, 7) is 2.49. The van der Waals surface area contributed by atoms with E-state index in [1.54, 1.807) is 22.7 Å². The zero-order valence-electron chi connectivity index (χ0n) is 14.9. The van der Waals surface area contributed by atoms with Gasteiger partial charge < -0.3 is 5.32 Å². The summed E-state index contributed by atoms with van der Waals surface area (Å²) < 4.78 is 25.6. The third kappa shape index (κ3) is 4.81. The smallest absolute Gasteiger partial charge is 0.251 e. The summed E-state index contributed by atoms with van der Waals surface area (Å²) >= 11 is 3.30. The molecule has 0 aliphatic carbocycles. The molecule has 9 heteroatoms. The molecule has 0 aliphatic heterocycles. The minimum absolute atomic E-state index is 0.130. The van der Waals surface area contributed by atoms with Crippen molar-refractivity contribution in [2.45, 2.75) is 18.2 Å². The molecule has 0 aliphatic rings. The average Bonchev–Trinajstić information content (AvgIpc) is 3.30. The van der Waals surface area contributed by atoms with E-state index in [1.165, 1.54) is 36.2 Å². The lowest BCUT2D eigenvalue weighted by Crippen LogP contribution is -2.25. The number of nitrogens with one attached hydrogen (secondary N) is 2. The monoisotopic (exact) mass is 421 g/mol. The van der Waals surface area contributed by atoms with Crippen LogP contribution in [0, 0.1) is 6.92 Å². The third-order valence-corrected chi connectivity index (χ3v) is 7.26. The van der Waals surface area contributed by atoms with Gasteiger partial charge in [0.2, 0.25) is 10.0 Å². The van der Waals surface area contributed by atoms with Crippen molar-refractivity contribution >= 4 is 38.6 Å². The second-order valence-electron chi connectivity index (χ2n) is 5.76. The molecule has 1 amide bonds. The Balaban J connectivity index is 1.55. The van der Waals surface area contributed by atoms with Gasteiger partial charge in [0, 0.05) is 22.4 Å². The van der Waals surface area contributed by atoms with Crippen LogP contribution >= 0.6 is 22.7 Å². The molecule has 1 aromatic carbocycles. The molecule has 2 heterocycles. The number of carbonyl (C=O) groups excluding carboxylic acids is 1. The van der Waals surface area contributed by atoms with Gasteiger partial charge in [-0.3, -0.25) is 4.79 Å². The highest BCUT2D eigenvalue weighted by Crippen LogP contribution is 2.29. The van der Waals surface area contributed by atoms with Gasteiger partial charge >= 0.3 is 0 Å². The van der Waals surface area contributed by atoms with E-state index in [2.05, 4.69) is 27.2 Å². The summed E-state index contributed by atoms with van der Waals surface area (Å²) in [5.41, 5.74) is 1.42. The fraction of sp³-hybridized carbons (Fsp3) is 0.222. The van der Waals surface area contributed by atoms with Gasteiger partial charge in [0.1, 0.15) is 0 Å². The molecule has 0 saturated carbocycles. The van der Waals surface area contributed by atoms with Gasteiger partial charge in [-0.25, -0.2) is 18.1 Å². The van der Waals surface area contributed by atoms with Crippen LogP contribution in [0.5, 0.6) is 0 Å². The van der Waals surface area contributed by atoms with Gasteiger partial charge in [0.15, 0.2) is 0 Å². The fourth-order valence-electron chi connectivity index (χ4n) is 2.43. The summed E-state index contributed by atoms with van der Waals surface area (Å²) in [7, 11) is -2.15. The van der Waals surface area contributed by atoms with Crippen LogP contribution in [0.4, 0.5) is 0 Å². The Bertz CT molecular complexity index is 1040.